The van der Waals surface area contributed by atoms with Gasteiger partial charge in [-0.05, 0) is 26.7 Å². The van der Waals surface area contributed by atoms with Crippen LogP contribution in [0.4, 0.5) is 0 Å². The van der Waals surface area contributed by atoms with Crippen LogP contribution in [-0.4, -0.2) is 29.2 Å². The summed E-state index contributed by atoms with van der Waals surface area (Å²) < 4.78 is 10.7. The van der Waals surface area contributed by atoms with E-state index < -0.39 is 17.1 Å². The maximum Gasteiger partial charge on any atom is 0.345 e. The van der Waals surface area contributed by atoms with Gasteiger partial charge in [0.2, 0.25) is 0 Å². The lowest BCUT2D eigenvalue weighted by molar-refractivity contribution is -0.0768. The Morgan fingerprint density at radius 3 is 2.57 bits per heavy atom. The van der Waals surface area contributed by atoms with Gasteiger partial charge in [0.15, 0.2) is 0 Å². The molecule has 0 amide bonds. The SMILES string of the molecule is CCOC(=O)c1cnc(C2(OCC)CCCCC2)[nH]c1=O. The molecule has 1 heterocycles. The number of hydrogen-bond donors (Lipinski definition) is 1. The highest BCUT2D eigenvalue weighted by molar-refractivity contribution is 5.88. The van der Waals surface area contributed by atoms with E-state index in [1.165, 1.54) is 12.6 Å². The molecular weight excluding hydrogens is 272 g/mol. The predicted octanol–water partition coefficient (Wildman–Crippen LogP) is 2.14. The van der Waals surface area contributed by atoms with Crippen LogP contribution < -0.4 is 5.56 Å². The second-order valence-corrected chi connectivity index (χ2v) is 5.18. The van der Waals surface area contributed by atoms with Crippen molar-refractivity contribution >= 4 is 5.97 Å². The second kappa shape index (κ2) is 6.85. The predicted molar refractivity (Wildman–Crippen MR) is 77.2 cm³/mol. The van der Waals surface area contributed by atoms with Crippen LogP contribution in [0.15, 0.2) is 11.0 Å². The number of aromatic nitrogens is 2. The Bertz CT molecular complexity index is 541. The van der Waals surface area contributed by atoms with Gasteiger partial charge in [-0.25, -0.2) is 9.78 Å². The van der Waals surface area contributed by atoms with Gasteiger partial charge in [-0.15, -0.1) is 0 Å². The molecule has 1 aliphatic carbocycles. The summed E-state index contributed by atoms with van der Waals surface area (Å²) in [4.78, 5) is 30.7. The molecule has 0 bridgehead atoms. The third-order valence-corrected chi connectivity index (χ3v) is 3.81. The van der Waals surface area contributed by atoms with Crippen LogP contribution in [-0.2, 0) is 15.1 Å². The maximum absolute atomic E-state index is 12.1. The van der Waals surface area contributed by atoms with Crippen molar-refractivity contribution in [1.82, 2.24) is 9.97 Å². The van der Waals surface area contributed by atoms with Crippen LogP contribution in [0.2, 0.25) is 0 Å². The first kappa shape index (κ1) is 15.7. The topological polar surface area (TPSA) is 81.3 Å². The van der Waals surface area contributed by atoms with Crippen molar-refractivity contribution in [1.29, 1.82) is 0 Å². The van der Waals surface area contributed by atoms with Crippen molar-refractivity contribution < 1.29 is 14.3 Å². The van der Waals surface area contributed by atoms with E-state index in [1.54, 1.807) is 6.92 Å². The summed E-state index contributed by atoms with van der Waals surface area (Å²) in [5, 5.41) is 0. The number of carbonyl (C=O) groups is 1. The zero-order chi connectivity index (χ0) is 15.3. The highest BCUT2D eigenvalue weighted by Gasteiger charge is 2.37. The summed E-state index contributed by atoms with van der Waals surface area (Å²) in [6, 6.07) is 0. The smallest absolute Gasteiger partial charge is 0.345 e. The third-order valence-electron chi connectivity index (χ3n) is 3.81. The van der Waals surface area contributed by atoms with Crippen LogP contribution in [0.5, 0.6) is 0 Å². The molecular formula is C15H22N2O4. The van der Waals surface area contributed by atoms with Gasteiger partial charge in [-0.1, -0.05) is 19.3 Å². The maximum atomic E-state index is 12.1. The molecule has 2 rings (SSSR count). The Balaban J connectivity index is 2.33. The van der Waals surface area contributed by atoms with Gasteiger partial charge in [-0.2, -0.15) is 0 Å². The molecule has 116 valence electrons. The van der Waals surface area contributed by atoms with Crippen molar-refractivity contribution in [3.05, 3.63) is 27.9 Å². The summed E-state index contributed by atoms with van der Waals surface area (Å²) >= 11 is 0. The van der Waals surface area contributed by atoms with E-state index >= 15 is 0 Å². The lowest BCUT2D eigenvalue weighted by Crippen LogP contribution is -2.37. The summed E-state index contributed by atoms with van der Waals surface area (Å²) in [5.74, 6) is -0.131. The number of rotatable bonds is 5. The second-order valence-electron chi connectivity index (χ2n) is 5.18. The fourth-order valence-electron chi connectivity index (χ4n) is 2.83. The Hall–Kier alpha value is -1.69. The number of H-pyrrole nitrogens is 1. The van der Waals surface area contributed by atoms with Crippen LogP contribution >= 0.6 is 0 Å². The summed E-state index contributed by atoms with van der Waals surface area (Å²) in [7, 11) is 0. The average Bonchev–Trinajstić information content (AvgIpc) is 2.48. The third kappa shape index (κ3) is 3.32. The Labute approximate surface area is 123 Å². The van der Waals surface area contributed by atoms with Gasteiger partial charge in [0.1, 0.15) is 17.0 Å². The standard InChI is InChI=1S/C15H22N2O4/c1-3-20-13(19)11-10-16-14(17-12(11)18)15(21-4-2)8-6-5-7-9-15/h10H,3-9H2,1-2H3,(H,16,17,18). The van der Waals surface area contributed by atoms with Crippen molar-refractivity contribution in [3.8, 4) is 0 Å². The van der Waals surface area contributed by atoms with Crippen LogP contribution in [0.3, 0.4) is 0 Å². The fourth-order valence-corrected chi connectivity index (χ4v) is 2.83. The van der Waals surface area contributed by atoms with Gasteiger partial charge in [0.05, 0.1) is 6.61 Å². The van der Waals surface area contributed by atoms with Gasteiger partial charge >= 0.3 is 5.97 Å². The number of carbonyl (C=O) groups excluding carboxylic acids is 1. The first-order chi connectivity index (χ1) is 10.1. The van der Waals surface area contributed by atoms with Gasteiger partial charge in [-0.3, -0.25) is 4.79 Å². The summed E-state index contributed by atoms with van der Waals surface area (Å²) in [6.45, 7) is 4.41. The minimum absolute atomic E-state index is 0.0666. The van der Waals surface area contributed by atoms with E-state index in [9.17, 15) is 9.59 Å². The fraction of sp³-hybridized carbons (Fsp3) is 0.667. The molecule has 1 aromatic rings. The number of esters is 1. The molecule has 0 saturated heterocycles. The molecule has 0 spiro atoms. The van der Waals surface area contributed by atoms with Crippen LogP contribution in [0.25, 0.3) is 0 Å². The molecule has 21 heavy (non-hydrogen) atoms. The summed E-state index contributed by atoms with van der Waals surface area (Å²) in [6.07, 6.45) is 6.22. The zero-order valence-electron chi connectivity index (χ0n) is 12.6. The van der Waals surface area contributed by atoms with Crippen LogP contribution in [0.1, 0.15) is 62.1 Å². The van der Waals surface area contributed by atoms with E-state index in [0.29, 0.717) is 12.4 Å². The van der Waals surface area contributed by atoms with E-state index in [-0.39, 0.29) is 12.2 Å². The summed E-state index contributed by atoms with van der Waals surface area (Å²) in [5.41, 5.74) is -1.06. The van der Waals surface area contributed by atoms with E-state index in [0.717, 1.165) is 25.7 Å². The Morgan fingerprint density at radius 2 is 2.00 bits per heavy atom. The molecule has 1 saturated carbocycles. The molecule has 0 unspecified atom stereocenters. The minimum Gasteiger partial charge on any atom is -0.462 e. The van der Waals surface area contributed by atoms with Crippen molar-refractivity contribution in [2.45, 2.75) is 51.6 Å². The van der Waals surface area contributed by atoms with Crippen molar-refractivity contribution in [2.75, 3.05) is 13.2 Å². The largest absolute Gasteiger partial charge is 0.462 e. The highest BCUT2D eigenvalue weighted by atomic mass is 16.5. The highest BCUT2D eigenvalue weighted by Crippen LogP contribution is 2.38. The van der Waals surface area contributed by atoms with Gasteiger partial charge in [0, 0.05) is 12.8 Å². The van der Waals surface area contributed by atoms with Gasteiger partial charge in [0.25, 0.3) is 5.56 Å². The average molecular weight is 294 g/mol. The minimum atomic E-state index is -0.646. The Morgan fingerprint density at radius 1 is 1.29 bits per heavy atom. The molecule has 0 aromatic carbocycles. The molecule has 0 aliphatic heterocycles. The van der Waals surface area contributed by atoms with Gasteiger partial charge < -0.3 is 14.5 Å². The van der Waals surface area contributed by atoms with Crippen molar-refractivity contribution in [2.24, 2.45) is 0 Å². The number of hydrogen-bond acceptors (Lipinski definition) is 5. The lowest BCUT2D eigenvalue weighted by Gasteiger charge is -2.35. The molecule has 1 aromatic heterocycles. The number of ether oxygens (including phenoxy) is 2. The van der Waals surface area contributed by atoms with E-state index in [1.807, 2.05) is 6.92 Å². The number of nitrogens with zero attached hydrogens (tertiary/aromatic N) is 1. The molecule has 1 fully saturated rings. The Kier molecular flexibility index (Phi) is 5.12. The number of nitrogens with one attached hydrogen (secondary N) is 1. The lowest BCUT2D eigenvalue weighted by atomic mass is 9.84. The van der Waals surface area contributed by atoms with E-state index in [4.69, 9.17) is 9.47 Å². The first-order valence-corrected chi connectivity index (χ1v) is 7.54. The number of aromatic amines is 1. The molecule has 1 aliphatic rings. The quantitative estimate of drug-likeness (QED) is 0.841. The van der Waals surface area contributed by atoms with E-state index in [2.05, 4.69) is 9.97 Å². The molecule has 1 N–H and O–H groups in total. The first-order valence-electron chi connectivity index (χ1n) is 7.54. The zero-order valence-corrected chi connectivity index (χ0v) is 12.6. The molecule has 6 nitrogen and oxygen atoms in total. The normalized spacial score (nSPS) is 17.4. The molecule has 0 atom stereocenters. The van der Waals surface area contributed by atoms with Crippen molar-refractivity contribution in [3.63, 3.8) is 0 Å². The van der Waals surface area contributed by atoms with Crippen LogP contribution in [0, 0.1) is 0 Å². The molecule has 6 heteroatoms. The molecule has 0 radical (unpaired) electrons. The monoisotopic (exact) mass is 294 g/mol.